The smallest absolute Gasteiger partial charge is 0.175 e. The van der Waals surface area contributed by atoms with Gasteiger partial charge in [-0.1, -0.05) is 12.8 Å². The number of hydrogen-bond acceptors (Lipinski definition) is 3. The molecule has 1 N–H and O–H groups in total. The fraction of sp³-hybridized carbons (Fsp3) is 0.625. The SMILES string of the molecule is CCOc1cc(CNC2CCCC2)cc(Br)c1OCC.Cl. The molecule has 0 unspecified atom stereocenters. The summed E-state index contributed by atoms with van der Waals surface area (Å²) in [5, 5.41) is 3.63. The molecular formula is C16H25BrClNO2. The molecular weight excluding hydrogens is 354 g/mol. The fourth-order valence-electron chi connectivity index (χ4n) is 2.66. The number of benzene rings is 1. The molecule has 3 nitrogen and oxygen atoms in total. The van der Waals surface area contributed by atoms with Gasteiger partial charge in [0.15, 0.2) is 11.5 Å². The minimum Gasteiger partial charge on any atom is -0.490 e. The predicted molar refractivity (Wildman–Crippen MR) is 92.8 cm³/mol. The Bertz CT molecular complexity index is 437. The molecule has 1 aromatic carbocycles. The molecule has 0 radical (unpaired) electrons. The van der Waals surface area contributed by atoms with Gasteiger partial charge < -0.3 is 14.8 Å². The van der Waals surface area contributed by atoms with Crippen LogP contribution in [0.15, 0.2) is 16.6 Å². The van der Waals surface area contributed by atoms with Crippen molar-refractivity contribution in [1.29, 1.82) is 0 Å². The summed E-state index contributed by atoms with van der Waals surface area (Å²) in [5.74, 6) is 1.63. The maximum atomic E-state index is 5.70. The summed E-state index contributed by atoms with van der Waals surface area (Å²) >= 11 is 3.59. The van der Waals surface area contributed by atoms with E-state index in [0.29, 0.717) is 19.3 Å². The Hall–Kier alpha value is -0.450. The van der Waals surface area contributed by atoms with Crippen molar-refractivity contribution in [1.82, 2.24) is 5.32 Å². The Morgan fingerprint density at radius 2 is 1.81 bits per heavy atom. The lowest BCUT2D eigenvalue weighted by Gasteiger charge is -2.16. The van der Waals surface area contributed by atoms with Crippen molar-refractivity contribution in [3.63, 3.8) is 0 Å². The molecule has 2 rings (SSSR count). The average Bonchev–Trinajstić information content (AvgIpc) is 2.94. The highest BCUT2D eigenvalue weighted by molar-refractivity contribution is 9.10. The highest BCUT2D eigenvalue weighted by Crippen LogP contribution is 2.37. The zero-order valence-corrected chi connectivity index (χ0v) is 15.2. The van der Waals surface area contributed by atoms with Crippen LogP contribution in [-0.2, 0) is 6.54 Å². The quantitative estimate of drug-likeness (QED) is 0.746. The molecule has 1 fully saturated rings. The van der Waals surface area contributed by atoms with Gasteiger partial charge in [-0.15, -0.1) is 12.4 Å². The molecule has 1 aromatic rings. The van der Waals surface area contributed by atoms with E-state index in [1.54, 1.807) is 0 Å². The van der Waals surface area contributed by atoms with E-state index >= 15 is 0 Å². The molecule has 1 aliphatic carbocycles. The van der Waals surface area contributed by atoms with Gasteiger partial charge in [-0.3, -0.25) is 0 Å². The zero-order chi connectivity index (χ0) is 14.4. The van der Waals surface area contributed by atoms with Gasteiger partial charge in [0.05, 0.1) is 17.7 Å². The molecule has 0 aromatic heterocycles. The molecule has 21 heavy (non-hydrogen) atoms. The van der Waals surface area contributed by atoms with Crippen molar-refractivity contribution in [2.75, 3.05) is 13.2 Å². The second kappa shape index (κ2) is 9.54. The predicted octanol–water partition coefficient (Wildman–Crippen LogP) is 4.70. The first-order chi connectivity index (χ1) is 9.74. The van der Waals surface area contributed by atoms with E-state index in [1.165, 1.54) is 31.2 Å². The second-order valence-corrected chi connectivity index (χ2v) is 5.99. The van der Waals surface area contributed by atoms with Gasteiger partial charge in [-0.25, -0.2) is 0 Å². The van der Waals surface area contributed by atoms with Gasteiger partial charge >= 0.3 is 0 Å². The minimum absolute atomic E-state index is 0. The van der Waals surface area contributed by atoms with Crippen LogP contribution in [0.4, 0.5) is 0 Å². The van der Waals surface area contributed by atoms with E-state index in [0.717, 1.165) is 22.5 Å². The van der Waals surface area contributed by atoms with Crippen LogP contribution in [0.1, 0.15) is 45.1 Å². The highest BCUT2D eigenvalue weighted by atomic mass is 79.9. The fourth-order valence-corrected chi connectivity index (χ4v) is 3.27. The lowest BCUT2D eigenvalue weighted by molar-refractivity contribution is 0.286. The van der Waals surface area contributed by atoms with Crippen LogP contribution in [0.25, 0.3) is 0 Å². The van der Waals surface area contributed by atoms with Crippen LogP contribution < -0.4 is 14.8 Å². The van der Waals surface area contributed by atoms with Gasteiger partial charge in [-0.2, -0.15) is 0 Å². The molecule has 1 saturated carbocycles. The van der Waals surface area contributed by atoms with Crippen molar-refractivity contribution < 1.29 is 9.47 Å². The standard InChI is InChI=1S/C16H24BrNO2.ClH/c1-3-19-15-10-12(9-14(17)16(15)20-4-2)11-18-13-7-5-6-8-13;/h9-10,13,18H,3-8,11H2,1-2H3;1H. The zero-order valence-electron chi connectivity index (χ0n) is 12.8. The van der Waals surface area contributed by atoms with E-state index in [-0.39, 0.29) is 12.4 Å². The molecule has 0 spiro atoms. The van der Waals surface area contributed by atoms with Crippen molar-refractivity contribution in [2.24, 2.45) is 0 Å². The molecule has 0 aliphatic heterocycles. The lowest BCUT2D eigenvalue weighted by Crippen LogP contribution is -2.25. The van der Waals surface area contributed by atoms with Gasteiger partial charge in [0, 0.05) is 12.6 Å². The van der Waals surface area contributed by atoms with E-state index in [9.17, 15) is 0 Å². The number of hydrogen-bond donors (Lipinski definition) is 1. The number of ether oxygens (including phenoxy) is 2. The Balaban J connectivity index is 0.00000220. The normalized spacial score (nSPS) is 14.8. The summed E-state index contributed by atoms with van der Waals surface area (Å²) in [5.41, 5.74) is 1.23. The van der Waals surface area contributed by atoms with E-state index in [1.807, 2.05) is 13.8 Å². The number of halogens is 2. The van der Waals surface area contributed by atoms with Crippen molar-refractivity contribution in [2.45, 2.75) is 52.1 Å². The Kier molecular flexibility index (Phi) is 8.45. The van der Waals surface area contributed by atoms with Crippen LogP contribution in [0.5, 0.6) is 11.5 Å². The van der Waals surface area contributed by atoms with Gasteiger partial charge in [0.25, 0.3) is 0 Å². The first kappa shape index (κ1) is 18.6. The number of rotatable bonds is 7. The Morgan fingerprint density at radius 3 is 2.43 bits per heavy atom. The molecule has 5 heteroatoms. The maximum absolute atomic E-state index is 5.70. The molecule has 0 bridgehead atoms. The average molecular weight is 379 g/mol. The molecule has 0 saturated heterocycles. The molecule has 0 heterocycles. The van der Waals surface area contributed by atoms with Crippen LogP contribution >= 0.6 is 28.3 Å². The Labute approximate surface area is 142 Å². The van der Waals surface area contributed by atoms with Crippen LogP contribution in [-0.4, -0.2) is 19.3 Å². The summed E-state index contributed by atoms with van der Waals surface area (Å²) in [7, 11) is 0. The molecule has 0 atom stereocenters. The van der Waals surface area contributed by atoms with Crippen LogP contribution in [0, 0.1) is 0 Å². The molecule has 120 valence electrons. The van der Waals surface area contributed by atoms with Crippen molar-refractivity contribution >= 4 is 28.3 Å². The highest BCUT2D eigenvalue weighted by Gasteiger charge is 2.16. The summed E-state index contributed by atoms with van der Waals surface area (Å²) in [6.45, 7) is 6.14. The first-order valence-corrected chi connectivity index (χ1v) is 8.35. The first-order valence-electron chi connectivity index (χ1n) is 7.56. The van der Waals surface area contributed by atoms with Crippen molar-refractivity contribution in [3.8, 4) is 11.5 Å². The number of nitrogens with one attached hydrogen (secondary N) is 1. The largest absolute Gasteiger partial charge is 0.490 e. The maximum Gasteiger partial charge on any atom is 0.175 e. The summed E-state index contributed by atoms with van der Waals surface area (Å²) < 4.78 is 12.3. The Morgan fingerprint density at radius 1 is 1.14 bits per heavy atom. The van der Waals surface area contributed by atoms with Gasteiger partial charge in [0.1, 0.15) is 0 Å². The second-order valence-electron chi connectivity index (χ2n) is 5.13. The third-order valence-corrected chi connectivity index (χ3v) is 4.20. The van der Waals surface area contributed by atoms with E-state index in [4.69, 9.17) is 9.47 Å². The van der Waals surface area contributed by atoms with E-state index in [2.05, 4.69) is 33.4 Å². The summed E-state index contributed by atoms with van der Waals surface area (Å²) in [6, 6.07) is 4.88. The third-order valence-electron chi connectivity index (χ3n) is 3.61. The van der Waals surface area contributed by atoms with Crippen LogP contribution in [0.2, 0.25) is 0 Å². The molecule has 1 aliphatic rings. The third kappa shape index (κ3) is 5.35. The topological polar surface area (TPSA) is 30.5 Å². The lowest BCUT2D eigenvalue weighted by atomic mass is 10.1. The summed E-state index contributed by atoms with van der Waals surface area (Å²) in [4.78, 5) is 0. The van der Waals surface area contributed by atoms with Crippen LogP contribution in [0.3, 0.4) is 0 Å². The van der Waals surface area contributed by atoms with Gasteiger partial charge in [-0.05, 0) is 60.3 Å². The summed E-state index contributed by atoms with van der Waals surface area (Å²) in [6.07, 6.45) is 5.32. The van der Waals surface area contributed by atoms with Crippen molar-refractivity contribution in [3.05, 3.63) is 22.2 Å². The monoisotopic (exact) mass is 377 g/mol. The van der Waals surface area contributed by atoms with E-state index < -0.39 is 0 Å². The molecule has 0 amide bonds. The van der Waals surface area contributed by atoms with Gasteiger partial charge in [0.2, 0.25) is 0 Å². The minimum atomic E-state index is 0.